The molecule has 1 unspecified atom stereocenters. The third-order valence-electron chi connectivity index (χ3n) is 3.61. The van der Waals surface area contributed by atoms with Crippen LogP contribution in [0.2, 0.25) is 0 Å². The molecule has 2 aliphatic rings. The van der Waals surface area contributed by atoms with E-state index < -0.39 is 0 Å². The molecule has 0 aromatic carbocycles. The SMILES string of the molecule is CCC1C[C@@H]2CN(C)C[C@@H]2C1. The summed E-state index contributed by atoms with van der Waals surface area (Å²) in [4.78, 5) is 2.50. The summed E-state index contributed by atoms with van der Waals surface area (Å²) in [7, 11) is 2.26. The van der Waals surface area contributed by atoms with Crippen LogP contribution in [0.15, 0.2) is 0 Å². The van der Waals surface area contributed by atoms with Gasteiger partial charge in [0.15, 0.2) is 0 Å². The monoisotopic (exact) mass is 153 g/mol. The Morgan fingerprint density at radius 2 is 1.73 bits per heavy atom. The molecular weight excluding hydrogens is 134 g/mol. The van der Waals surface area contributed by atoms with Crippen LogP contribution in [0.5, 0.6) is 0 Å². The maximum atomic E-state index is 2.50. The molecule has 1 saturated carbocycles. The molecule has 1 aliphatic heterocycles. The lowest BCUT2D eigenvalue weighted by Crippen LogP contribution is -2.16. The van der Waals surface area contributed by atoms with Crippen LogP contribution in [-0.2, 0) is 0 Å². The van der Waals surface area contributed by atoms with Crippen LogP contribution in [0.4, 0.5) is 0 Å². The Hall–Kier alpha value is -0.0400. The molecule has 0 N–H and O–H groups in total. The van der Waals surface area contributed by atoms with E-state index in [0.717, 1.165) is 17.8 Å². The molecule has 1 heteroatoms. The highest BCUT2D eigenvalue weighted by molar-refractivity contribution is 4.90. The highest BCUT2D eigenvalue weighted by atomic mass is 15.1. The summed E-state index contributed by atoms with van der Waals surface area (Å²) in [5.74, 6) is 3.19. The molecule has 1 aliphatic carbocycles. The Bertz CT molecular complexity index is 130. The molecule has 0 aromatic rings. The van der Waals surface area contributed by atoms with Gasteiger partial charge in [-0.25, -0.2) is 0 Å². The topological polar surface area (TPSA) is 3.24 Å². The summed E-state index contributed by atoms with van der Waals surface area (Å²) in [6, 6.07) is 0. The molecule has 2 rings (SSSR count). The second kappa shape index (κ2) is 2.78. The van der Waals surface area contributed by atoms with Crippen molar-refractivity contribution in [3.05, 3.63) is 0 Å². The maximum Gasteiger partial charge on any atom is 0.000996 e. The molecule has 0 aromatic heterocycles. The molecule has 64 valence electrons. The van der Waals surface area contributed by atoms with Crippen LogP contribution < -0.4 is 0 Å². The van der Waals surface area contributed by atoms with E-state index in [2.05, 4.69) is 18.9 Å². The Balaban J connectivity index is 1.93. The zero-order chi connectivity index (χ0) is 7.84. The minimum Gasteiger partial charge on any atom is -0.306 e. The minimum absolute atomic E-state index is 1.06. The largest absolute Gasteiger partial charge is 0.306 e. The van der Waals surface area contributed by atoms with E-state index in [-0.39, 0.29) is 0 Å². The molecule has 3 atom stereocenters. The smallest absolute Gasteiger partial charge is 0.000996 e. The first-order chi connectivity index (χ1) is 5.29. The fraction of sp³-hybridized carbons (Fsp3) is 1.00. The van der Waals surface area contributed by atoms with Gasteiger partial charge >= 0.3 is 0 Å². The van der Waals surface area contributed by atoms with Crippen molar-refractivity contribution in [3.63, 3.8) is 0 Å². The summed E-state index contributed by atoms with van der Waals surface area (Å²) in [5.41, 5.74) is 0. The van der Waals surface area contributed by atoms with Gasteiger partial charge in [0.05, 0.1) is 0 Å². The molecule has 1 nitrogen and oxygen atoms in total. The summed E-state index contributed by atoms with van der Waals surface area (Å²) in [5, 5.41) is 0. The van der Waals surface area contributed by atoms with Crippen LogP contribution in [0.1, 0.15) is 26.2 Å². The Labute approximate surface area is 69.8 Å². The van der Waals surface area contributed by atoms with Crippen LogP contribution in [-0.4, -0.2) is 25.0 Å². The van der Waals surface area contributed by atoms with Crippen molar-refractivity contribution in [2.75, 3.05) is 20.1 Å². The summed E-state index contributed by atoms with van der Waals surface area (Å²) < 4.78 is 0. The van der Waals surface area contributed by atoms with Gasteiger partial charge in [-0.1, -0.05) is 13.3 Å². The van der Waals surface area contributed by atoms with Gasteiger partial charge in [0, 0.05) is 13.1 Å². The third kappa shape index (κ3) is 1.31. The summed E-state index contributed by atoms with van der Waals surface area (Å²) in [6.45, 7) is 5.10. The number of hydrogen-bond donors (Lipinski definition) is 0. The molecule has 0 radical (unpaired) electrons. The van der Waals surface area contributed by atoms with E-state index in [4.69, 9.17) is 0 Å². The molecule has 0 spiro atoms. The maximum absolute atomic E-state index is 2.50. The van der Waals surface area contributed by atoms with Gasteiger partial charge in [0.1, 0.15) is 0 Å². The molecule has 1 heterocycles. The highest BCUT2D eigenvalue weighted by Gasteiger charge is 2.38. The number of likely N-dealkylation sites (tertiary alicyclic amines) is 1. The normalized spacial score (nSPS) is 44.7. The predicted octanol–water partition coefficient (Wildman–Crippen LogP) is 1.98. The van der Waals surface area contributed by atoms with Crippen molar-refractivity contribution in [2.45, 2.75) is 26.2 Å². The van der Waals surface area contributed by atoms with Crippen LogP contribution in [0.25, 0.3) is 0 Å². The van der Waals surface area contributed by atoms with Crippen molar-refractivity contribution >= 4 is 0 Å². The van der Waals surface area contributed by atoms with E-state index in [1.54, 1.807) is 0 Å². The Morgan fingerprint density at radius 3 is 2.18 bits per heavy atom. The van der Waals surface area contributed by atoms with Crippen molar-refractivity contribution in [2.24, 2.45) is 17.8 Å². The Kier molecular flexibility index (Phi) is 1.92. The van der Waals surface area contributed by atoms with E-state index in [1.807, 2.05) is 0 Å². The lowest BCUT2D eigenvalue weighted by Gasteiger charge is -2.11. The number of fused-ring (bicyclic) bond motifs is 1. The minimum atomic E-state index is 1.06. The van der Waals surface area contributed by atoms with E-state index in [0.29, 0.717) is 0 Å². The fourth-order valence-corrected chi connectivity index (χ4v) is 2.99. The first-order valence-electron chi connectivity index (χ1n) is 4.98. The quantitative estimate of drug-likeness (QED) is 0.557. The molecule has 2 fully saturated rings. The van der Waals surface area contributed by atoms with Gasteiger partial charge in [-0.2, -0.15) is 0 Å². The van der Waals surface area contributed by atoms with Gasteiger partial charge in [-0.15, -0.1) is 0 Å². The van der Waals surface area contributed by atoms with E-state index in [9.17, 15) is 0 Å². The molecule has 0 amide bonds. The first-order valence-corrected chi connectivity index (χ1v) is 4.98. The average molecular weight is 153 g/mol. The first kappa shape index (κ1) is 7.60. The fourth-order valence-electron chi connectivity index (χ4n) is 2.99. The van der Waals surface area contributed by atoms with Crippen LogP contribution in [0, 0.1) is 17.8 Å². The highest BCUT2D eigenvalue weighted by Crippen LogP contribution is 2.41. The molecular formula is C10H19N. The van der Waals surface area contributed by atoms with Gasteiger partial charge < -0.3 is 4.90 Å². The van der Waals surface area contributed by atoms with Gasteiger partial charge in [-0.05, 0) is 37.6 Å². The van der Waals surface area contributed by atoms with Gasteiger partial charge in [0.2, 0.25) is 0 Å². The number of nitrogens with zero attached hydrogens (tertiary/aromatic N) is 1. The molecule has 0 bridgehead atoms. The second-order valence-electron chi connectivity index (χ2n) is 4.49. The van der Waals surface area contributed by atoms with Crippen molar-refractivity contribution in [1.82, 2.24) is 4.90 Å². The summed E-state index contributed by atoms with van der Waals surface area (Å²) >= 11 is 0. The number of rotatable bonds is 1. The average Bonchev–Trinajstić information content (AvgIpc) is 2.43. The molecule has 11 heavy (non-hydrogen) atoms. The van der Waals surface area contributed by atoms with E-state index in [1.165, 1.54) is 32.4 Å². The standard InChI is InChI=1S/C10H19N/c1-3-8-4-9-6-11(2)7-10(9)5-8/h8-10H,3-7H2,1-2H3/t8?,9-,10+. The second-order valence-corrected chi connectivity index (χ2v) is 4.49. The lowest BCUT2D eigenvalue weighted by molar-refractivity contribution is 0.351. The predicted molar refractivity (Wildman–Crippen MR) is 47.5 cm³/mol. The molecule has 1 saturated heterocycles. The van der Waals surface area contributed by atoms with Crippen molar-refractivity contribution < 1.29 is 0 Å². The van der Waals surface area contributed by atoms with E-state index >= 15 is 0 Å². The van der Waals surface area contributed by atoms with Crippen molar-refractivity contribution in [3.8, 4) is 0 Å². The van der Waals surface area contributed by atoms with Crippen LogP contribution >= 0.6 is 0 Å². The number of hydrogen-bond acceptors (Lipinski definition) is 1. The third-order valence-corrected chi connectivity index (χ3v) is 3.61. The van der Waals surface area contributed by atoms with Gasteiger partial charge in [0.25, 0.3) is 0 Å². The van der Waals surface area contributed by atoms with Crippen molar-refractivity contribution in [1.29, 1.82) is 0 Å². The zero-order valence-electron chi connectivity index (χ0n) is 7.71. The Morgan fingerprint density at radius 1 is 1.18 bits per heavy atom. The zero-order valence-corrected chi connectivity index (χ0v) is 7.71. The summed E-state index contributed by atoms with van der Waals surface area (Å²) in [6.07, 6.45) is 4.45. The van der Waals surface area contributed by atoms with Gasteiger partial charge in [-0.3, -0.25) is 0 Å². The lowest BCUT2D eigenvalue weighted by atomic mass is 10.0. The van der Waals surface area contributed by atoms with Crippen LogP contribution in [0.3, 0.4) is 0 Å².